The lowest BCUT2D eigenvalue weighted by Crippen LogP contribution is -2.15. The number of alkyl halides is 1. The van der Waals surface area contributed by atoms with Crippen LogP contribution in [0, 0.1) is 0 Å². The summed E-state index contributed by atoms with van der Waals surface area (Å²) in [6.45, 7) is 1.02. The lowest BCUT2D eigenvalue weighted by atomic mass is 10.2. The van der Waals surface area contributed by atoms with E-state index in [2.05, 4.69) is 54.9 Å². The van der Waals surface area contributed by atoms with Crippen LogP contribution in [0.2, 0.25) is 5.02 Å². The first-order valence-corrected chi connectivity index (χ1v) is 8.69. The van der Waals surface area contributed by atoms with E-state index in [1.165, 1.54) is 11.4 Å². The monoisotopic (exact) mass is 368 g/mol. The first kappa shape index (κ1) is 14.1. The van der Waals surface area contributed by atoms with Gasteiger partial charge in [-0.05, 0) is 36.8 Å². The number of rotatable bonds is 4. The Kier molecular flexibility index (Phi) is 4.44. The first-order chi connectivity index (χ1) is 9.79. The van der Waals surface area contributed by atoms with Gasteiger partial charge in [0, 0.05) is 16.9 Å². The van der Waals surface area contributed by atoms with Crippen LogP contribution in [-0.4, -0.2) is 11.9 Å². The molecule has 0 unspecified atom stereocenters. The van der Waals surface area contributed by atoms with E-state index >= 15 is 0 Å². The van der Waals surface area contributed by atoms with Gasteiger partial charge in [0.2, 0.25) is 0 Å². The van der Waals surface area contributed by atoms with Crippen molar-refractivity contribution in [3.63, 3.8) is 0 Å². The average Bonchev–Trinajstić information content (AvgIpc) is 2.84. The zero-order valence-electron chi connectivity index (χ0n) is 10.8. The van der Waals surface area contributed by atoms with Gasteiger partial charge in [0.25, 0.3) is 0 Å². The molecule has 0 bridgehead atoms. The van der Waals surface area contributed by atoms with E-state index in [9.17, 15) is 0 Å². The highest BCUT2D eigenvalue weighted by molar-refractivity contribution is 9.09. The van der Waals surface area contributed by atoms with E-state index in [1.807, 2.05) is 18.2 Å². The molecule has 2 nitrogen and oxygen atoms in total. The van der Waals surface area contributed by atoms with Crippen LogP contribution in [-0.2, 0) is 0 Å². The van der Waals surface area contributed by atoms with Gasteiger partial charge in [-0.25, -0.2) is 0 Å². The topological polar surface area (TPSA) is 6.48 Å². The Bertz CT molecular complexity index is 608. The van der Waals surface area contributed by atoms with Crippen LogP contribution in [0.3, 0.4) is 0 Å². The van der Waals surface area contributed by atoms with Crippen molar-refractivity contribution in [1.82, 2.24) is 0 Å². The largest absolute Gasteiger partial charge is 0.296 e. The molecule has 0 fully saturated rings. The third kappa shape index (κ3) is 2.78. The van der Waals surface area contributed by atoms with Crippen LogP contribution in [0.25, 0.3) is 0 Å². The highest BCUT2D eigenvalue weighted by atomic mass is 79.9. The maximum absolute atomic E-state index is 6.11. The van der Waals surface area contributed by atoms with E-state index in [1.54, 1.807) is 12.1 Å². The summed E-state index contributed by atoms with van der Waals surface area (Å²) in [5.41, 5.74) is 3.59. The quantitative estimate of drug-likeness (QED) is 0.508. The fourth-order valence-electron chi connectivity index (χ4n) is 2.19. The zero-order valence-corrected chi connectivity index (χ0v) is 14.0. The van der Waals surface area contributed by atoms with Gasteiger partial charge in [-0.15, -0.1) is 0 Å². The zero-order chi connectivity index (χ0) is 13.9. The Morgan fingerprint density at radius 1 is 1.05 bits per heavy atom. The van der Waals surface area contributed by atoms with Gasteiger partial charge in [-0.3, -0.25) is 8.61 Å². The molecule has 0 amide bonds. The van der Waals surface area contributed by atoms with E-state index in [0.29, 0.717) is 0 Å². The standard InChI is InChI=1S/C15H14BrClN2S/c16-9-4-10-18-14-7-1-2-8-15(14)19(20-18)13-6-3-5-12(17)11-13/h1-3,5-8,11H,4,9-10H2. The molecule has 0 saturated heterocycles. The van der Waals surface area contributed by atoms with Crippen LogP contribution in [0.15, 0.2) is 48.5 Å². The minimum Gasteiger partial charge on any atom is -0.296 e. The lowest BCUT2D eigenvalue weighted by molar-refractivity contribution is 0.952. The molecule has 5 heteroatoms. The van der Waals surface area contributed by atoms with Crippen molar-refractivity contribution in [2.24, 2.45) is 0 Å². The summed E-state index contributed by atoms with van der Waals surface area (Å²) in [4.78, 5) is 0. The fourth-order valence-corrected chi connectivity index (χ4v) is 3.72. The van der Waals surface area contributed by atoms with Crippen LogP contribution in [0.5, 0.6) is 0 Å². The molecule has 0 radical (unpaired) electrons. The number of para-hydroxylation sites is 2. The summed E-state index contributed by atoms with van der Waals surface area (Å²) in [6.07, 6.45) is 1.12. The van der Waals surface area contributed by atoms with Crippen LogP contribution >= 0.6 is 39.7 Å². The maximum Gasteiger partial charge on any atom is 0.0784 e. The van der Waals surface area contributed by atoms with Crippen LogP contribution in [0.1, 0.15) is 6.42 Å². The number of anilines is 3. The van der Waals surface area contributed by atoms with E-state index < -0.39 is 0 Å². The van der Waals surface area contributed by atoms with Gasteiger partial charge in [0.1, 0.15) is 0 Å². The molecule has 0 spiro atoms. The summed E-state index contributed by atoms with van der Waals surface area (Å²) in [6, 6.07) is 16.5. The fraction of sp³-hybridized carbons (Fsp3) is 0.200. The van der Waals surface area contributed by atoms with E-state index in [0.717, 1.165) is 29.0 Å². The van der Waals surface area contributed by atoms with E-state index in [-0.39, 0.29) is 0 Å². The minimum absolute atomic E-state index is 0.763. The molecule has 0 atom stereocenters. The molecule has 0 aromatic heterocycles. The van der Waals surface area contributed by atoms with Gasteiger partial charge in [-0.2, -0.15) is 0 Å². The summed E-state index contributed by atoms with van der Waals surface area (Å²) in [5, 5.41) is 1.78. The molecule has 0 aliphatic carbocycles. The Hall–Kier alpha value is -0.840. The molecular weight excluding hydrogens is 356 g/mol. The molecule has 0 N–H and O–H groups in total. The summed E-state index contributed by atoms with van der Waals surface area (Å²) < 4.78 is 4.56. The van der Waals surface area contributed by atoms with Crippen molar-refractivity contribution in [2.75, 3.05) is 20.5 Å². The Morgan fingerprint density at radius 2 is 1.85 bits per heavy atom. The molecule has 3 rings (SSSR count). The SMILES string of the molecule is Clc1cccc(N2SN(CCCBr)c3ccccc32)c1. The number of nitrogens with zero attached hydrogens (tertiary/aromatic N) is 2. The van der Waals surface area contributed by atoms with Gasteiger partial charge < -0.3 is 0 Å². The number of benzene rings is 2. The molecule has 20 heavy (non-hydrogen) atoms. The van der Waals surface area contributed by atoms with Crippen molar-refractivity contribution in [2.45, 2.75) is 6.42 Å². The number of fused-ring (bicyclic) bond motifs is 1. The summed E-state index contributed by atoms with van der Waals surface area (Å²) in [7, 11) is 0. The van der Waals surface area contributed by atoms with Crippen molar-refractivity contribution in [3.8, 4) is 0 Å². The van der Waals surface area contributed by atoms with Gasteiger partial charge >= 0.3 is 0 Å². The highest BCUT2D eigenvalue weighted by Crippen LogP contribution is 2.48. The van der Waals surface area contributed by atoms with Crippen molar-refractivity contribution >= 4 is 56.7 Å². The van der Waals surface area contributed by atoms with Crippen LogP contribution < -0.4 is 8.61 Å². The third-order valence-electron chi connectivity index (χ3n) is 3.09. The first-order valence-electron chi connectivity index (χ1n) is 6.46. The second kappa shape index (κ2) is 6.29. The minimum atomic E-state index is 0.763. The molecule has 0 saturated carbocycles. The summed E-state index contributed by atoms with van der Waals surface area (Å²) >= 11 is 11.3. The second-order valence-electron chi connectivity index (χ2n) is 4.49. The lowest BCUT2D eigenvalue weighted by Gasteiger charge is -2.19. The molecule has 1 aliphatic rings. The highest BCUT2D eigenvalue weighted by Gasteiger charge is 2.27. The number of halogens is 2. The van der Waals surface area contributed by atoms with Crippen molar-refractivity contribution in [1.29, 1.82) is 0 Å². The maximum atomic E-state index is 6.11. The molecule has 2 aromatic carbocycles. The van der Waals surface area contributed by atoms with E-state index in [4.69, 9.17) is 11.6 Å². The van der Waals surface area contributed by atoms with Gasteiger partial charge in [-0.1, -0.05) is 45.7 Å². The Labute approximate surface area is 137 Å². The van der Waals surface area contributed by atoms with Gasteiger partial charge in [0.15, 0.2) is 0 Å². The van der Waals surface area contributed by atoms with Gasteiger partial charge in [0.05, 0.1) is 29.2 Å². The normalized spacial score (nSPS) is 13.7. The average molecular weight is 370 g/mol. The Morgan fingerprint density at radius 3 is 2.60 bits per heavy atom. The van der Waals surface area contributed by atoms with Crippen molar-refractivity contribution in [3.05, 3.63) is 53.6 Å². The molecule has 104 valence electrons. The molecule has 1 heterocycles. The molecular formula is C15H14BrClN2S. The number of hydrogen-bond acceptors (Lipinski definition) is 3. The summed E-state index contributed by atoms with van der Waals surface area (Å²) in [5.74, 6) is 0. The van der Waals surface area contributed by atoms with Crippen molar-refractivity contribution < 1.29 is 0 Å². The Balaban J connectivity index is 1.94. The predicted octanol–water partition coefficient (Wildman–Crippen LogP) is 5.65. The number of hydrogen-bond donors (Lipinski definition) is 0. The molecule has 1 aliphatic heterocycles. The second-order valence-corrected chi connectivity index (χ2v) is 6.69. The molecule has 2 aromatic rings. The van der Waals surface area contributed by atoms with Crippen LogP contribution in [0.4, 0.5) is 17.1 Å². The smallest absolute Gasteiger partial charge is 0.0784 e. The third-order valence-corrected chi connectivity index (χ3v) is 5.03. The predicted molar refractivity (Wildman–Crippen MR) is 93.4 cm³/mol.